The monoisotopic (exact) mass is 294 g/mol. The van der Waals surface area contributed by atoms with Crippen LogP contribution in [0, 0.1) is 5.92 Å². The first-order valence-electron chi connectivity index (χ1n) is 7.23. The fraction of sp³-hybridized carbons (Fsp3) is 0.562. The van der Waals surface area contributed by atoms with Gasteiger partial charge in [0.1, 0.15) is 0 Å². The first kappa shape index (κ1) is 15.3. The molecule has 0 radical (unpaired) electrons. The Balaban J connectivity index is 0.00000147. The minimum absolute atomic E-state index is 0. The second-order valence-electron chi connectivity index (χ2n) is 6.19. The Morgan fingerprint density at radius 1 is 1.30 bits per heavy atom. The lowest BCUT2D eigenvalue weighted by Gasteiger charge is -2.38. The number of carbonyl (C=O) groups is 1. The number of carbonyl (C=O) groups excluding carboxylic acids is 1. The van der Waals surface area contributed by atoms with Gasteiger partial charge >= 0.3 is 0 Å². The summed E-state index contributed by atoms with van der Waals surface area (Å²) in [7, 11) is 0. The van der Waals surface area contributed by atoms with E-state index in [1.165, 1.54) is 5.56 Å². The number of hydrogen-bond donors (Lipinski definition) is 1. The number of hydrogen-bond acceptors (Lipinski definition) is 2. The van der Waals surface area contributed by atoms with E-state index < -0.39 is 5.54 Å². The normalized spacial score (nSPS) is 27.6. The zero-order valence-corrected chi connectivity index (χ0v) is 12.7. The molecule has 2 atom stereocenters. The molecule has 2 N–H and O–H groups in total. The lowest BCUT2D eigenvalue weighted by atomic mass is 9.81. The largest absolute Gasteiger partial charge is 0.341 e. The minimum Gasteiger partial charge on any atom is -0.341 e. The van der Waals surface area contributed by atoms with Gasteiger partial charge in [-0.2, -0.15) is 0 Å². The fourth-order valence-corrected chi connectivity index (χ4v) is 3.19. The van der Waals surface area contributed by atoms with Crippen LogP contribution in [-0.2, 0) is 4.79 Å². The van der Waals surface area contributed by atoms with Crippen molar-refractivity contribution in [2.45, 2.75) is 37.6 Å². The van der Waals surface area contributed by atoms with Crippen LogP contribution >= 0.6 is 12.4 Å². The summed E-state index contributed by atoms with van der Waals surface area (Å²) in [4.78, 5) is 14.3. The van der Waals surface area contributed by atoms with Crippen molar-refractivity contribution in [3.8, 4) is 0 Å². The molecule has 3 rings (SSSR count). The highest BCUT2D eigenvalue weighted by atomic mass is 35.5. The van der Waals surface area contributed by atoms with Gasteiger partial charge in [-0.05, 0) is 36.7 Å². The number of rotatable bonds is 2. The number of amides is 1. The summed E-state index contributed by atoms with van der Waals surface area (Å²) in [5.41, 5.74) is 6.91. The third kappa shape index (κ3) is 2.84. The Morgan fingerprint density at radius 3 is 2.50 bits per heavy atom. The Hall–Kier alpha value is -1.06. The molecule has 3 nitrogen and oxygen atoms in total. The molecule has 2 aliphatic rings. The van der Waals surface area contributed by atoms with Gasteiger partial charge in [-0.1, -0.05) is 37.3 Å². The highest BCUT2D eigenvalue weighted by molar-refractivity contribution is 5.89. The molecular weight excluding hydrogens is 272 g/mol. The summed E-state index contributed by atoms with van der Waals surface area (Å²) in [6.45, 7) is 3.94. The van der Waals surface area contributed by atoms with E-state index in [0.717, 1.165) is 32.4 Å². The number of likely N-dealkylation sites (tertiary alicyclic amines) is 1. The highest BCUT2D eigenvalue weighted by Gasteiger charge is 2.49. The standard InChI is InChI=1S/C16H22N2O.ClH/c1-12-11-18(15(19)16(17)8-9-16)10-7-14(12)13-5-3-2-4-6-13;/h2-6,12,14H,7-11,17H2,1H3;1H. The van der Waals surface area contributed by atoms with E-state index in [9.17, 15) is 4.79 Å². The summed E-state index contributed by atoms with van der Waals surface area (Å²) in [6.07, 6.45) is 2.77. The zero-order valence-electron chi connectivity index (χ0n) is 11.9. The van der Waals surface area contributed by atoms with Crippen LogP contribution in [0.2, 0.25) is 0 Å². The van der Waals surface area contributed by atoms with Crippen LogP contribution in [0.25, 0.3) is 0 Å². The van der Waals surface area contributed by atoms with Gasteiger partial charge in [-0.25, -0.2) is 0 Å². The molecule has 2 fully saturated rings. The number of piperidine rings is 1. The third-order valence-corrected chi connectivity index (χ3v) is 4.63. The number of nitrogens with two attached hydrogens (primary N) is 1. The Kier molecular flexibility index (Phi) is 4.40. The summed E-state index contributed by atoms with van der Waals surface area (Å²) in [6, 6.07) is 10.6. The van der Waals surface area contributed by atoms with E-state index >= 15 is 0 Å². The Bertz CT molecular complexity index is 473. The third-order valence-electron chi connectivity index (χ3n) is 4.63. The first-order valence-corrected chi connectivity index (χ1v) is 7.23. The van der Waals surface area contributed by atoms with Crippen molar-refractivity contribution in [3.63, 3.8) is 0 Å². The predicted molar refractivity (Wildman–Crippen MR) is 82.9 cm³/mol. The molecule has 0 bridgehead atoms. The lowest BCUT2D eigenvalue weighted by molar-refractivity contribution is -0.135. The zero-order chi connectivity index (χ0) is 13.5. The van der Waals surface area contributed by atoms with E-state index in [0.29, 0.717) is 11.8 Å². The molecule has 1 aliphatic heterocycles. The molecule has 4 heteroatoms. The molecule has 1 aromatic rings. The van der Waals surface area contributed by atoms with Gasteiger partial charge in [-0.3, -0.25) is 4.79 Å². The highest BCUT2D eigenvalue weighted by Crippen LogP contribution is 2.38. The molecule has 0 spiro atoms. The van der Waals surface area contributed by atoms with Crippen molar-refractivity contribution in [2.75, 3.05) is 13.1 Å². The van der Waals surface area contributed by atoms with Gasteiger partial charge in [-0.15, -0.1) is 12.4 Å². The Labute approximate surface area is 126 Å². The van der Waals surface area contributed by atoms with Crippen molar-refractivity contribution in [3.05, 3.63) is 35.9 Å². The molecule has 110 valence electrons. The molecule has 0 aromatic heterocycles. The summed E-state index contributed by atoms with van der Waals surface area (Å²) < 4.78 is 0. The topological polar surface area (TPSA) is 46.3 Å². The molecule has 1 amide bonds. The van der Waals surface area contributed by atoms with Gasteiger partial charge in [0.25, 0.3) is 0 Å². The molecule has 1 saturated carbocycles. The van der Waals surface area contributed by atoms with E-state index in [2.05, 4.69) is 37.3 Å². The number of benzene rings is 1. The Morgan fingerprint density at radius 2 is 1.95 bits per heavy atom. The van der Waals surface area contributed by atoms with Gasteiger partial charge in [0.15, 0.2) is 0 Å². The second-order valence-corrected chi connectivity index (χ2v) is 6.19. The smallest absolute Gasteiger partial charge is 0.242 e. The molecule has 1 aliphatic carbocycles. The number of halogens is 1. The fourth-order valence-electron chi connectivity index (χ4n) is 3.19. The van der Waals surface area contributed by atoms with Crippen LogP contribution in [0.3, 0.4) is 0 Å². The average Bonchev–Trinajstić information content (AvgIpc) is 3.18. The van der Waals surface area contributed by atoms with Crippen LogP contribution in [0.1, 0.15) is 37.7 Å². The molecule has 20 heavy (non-hydrogen) atoms. The van der Waals surface area contributed by atoms with E-state index in [-0.39, 0.29) is 18.3 Å². The van der Waals surface area contributed by atoms with Crippen molar-refractivity contribution < 1.29 is 4.79 Å². The van der Waals surface area contributed by atoms with Crippen molar-refractivity contribution in [1.29, 1.82) is 0 Å². The van der Waals surface area contributed by atoms with Crippen LogP contribution in [0.4, 0.5) is 0 Å². The average molecular weight is 295 g/mol. The van der Waals surface area contributed by atoms with E-state index in [1.54, 1.807) is 0 Å². The van der Waals surface area contributed by atoms with Gasteiger partial charge in [0, 0.05) is 13.1 Å². The quantitative estimate of drug-likeness (QED) is 0.911. The molecule has 1 saturated heterocycles. The maximum Gasteiger partial charge on any atom is 0.242 e. The SMILES string of the molecule is CC1CN(C(=O)C2(N)CC2)CCC1c1ccccc1.Cl. The molecule has 2 unspecified atom stereocenters. The summed E-state index contributed by atoms with van der Waals surface area (Å²) in [5, 5.41) is 0. The van der Waals surface area contributed by atoms with Crippen molar-refractivity contribution in [2.24, 2.45) is 11.7 Å². The summed E-state index contributed by atoms with van der Waals surface area (Å²) in [5.74, 6) is 1.24. The second kappa shape index (κ2) is 5.74. The van der Waals surface area contributed by atoms with Gasteiger partial charge in [0.05, 0.1) is 5.54 Å². The van der Waals surface area contributed by atoms with E-state index in [4.69, 9.17) is 5.73 Å². The van der Waals surface area contributed by atoms with Crippen molar-refractivity contribution >= 4 is 18.3 Å². The molecule has 1 heterocycles. The van der Waals surface area contributed by atoms with Crippen molar-refractivity contribution in [1.82, 2.24) is 4.90 Å². The maximum absolute atomic E-state index is 12.3. The number of nitrogens with zero attached hydrogens (tertiary/aromatic N) is 1. The van der Waals surface area contributed by atoms with Crippen LogP contribution in [0.15, 0.2) is 30.3 Å². The summed E-state index contributed by atoms with van der Waals surface area (Å²) >= 11 is 0. The molecule has 1 aromatic carbocycles. The molecular formula is C16H23ClN2O. The maximum atomic E-state index is 12.3. The minimum atomic E-state index is -0.515. The van der Waals surface area contributed by atoms with Crippen LogP contribution < -0.4 is 5.73 Å². The van der Waals surface area contributed by atoms with Gasteiger partial charge in [0.2, 0.25) is 5.91 Å². The van der Waals surface area contributed by atoms with Crippen LogP contribution in [0.5, 0.6) is 0 Å². The van der Waals surface area contributed by atoms with Gasteiger partial charge < -0.3 is 10.6 Å². The first-order chi connectivity index (χ1) is 9.10. The predicted octanol–water partition coefficient (Wildman–Crippen LogP) is 2.55. The van der Waals surface area contributed by atoms with E-state index in [1.807, 2.05) is 4.90 Å². The van der Waals surface area contributed by atoms with Crippen LogP contribution in [-0.4, -0.2) is 29.4 Å². The lowest BCUT2D eigenvalue weighted by Crippen LogP contribution is -2.50.